The molecule has 3 atom stereocenters. The lowest BCUT2D eigenvalue weighted by Crippen LogP contribution is -2.39. The van der Waals surface area contributed by atoms with E-state index in [1.54, 1.807) is 23.7 Å². The van der Waals surface area contributed by atoms with Crippen LogP contribution in [0.15, 0.2) is 42.6 Å². The number of benzene rings is 2. The van der Waals surface area contributed by atoms with Crippen molar-refractivity contribution in [3.05, 3.63) is 76.1 Å². The van der Waals surface area contributed by atoms with Crippen molar-refractivity contribution in [3.8, 4) is 5.69 Å². The smallest absolute Gasteiger partial charge is 0.306 e. The minimum absolute atomic E-state index is 0.0460. The van der Waals surface area contributed by atoms with Crippen molar-refractivity contribution in [1.82, 2.24) is 9.78 Å². The molecule has 0 radical (unpaired) electrons. The first-order chi connectivity index (χ1) is 18.9. The molecule has 3 aliphatic rings. The first-order valence-corrected chi connectivity index (χ1v) is 14.1. The van der Waals surface area contributed by atoms with E-state index in [0.29, 0.717) is 36.3 Å². The van der Waals surface area contributed by atoms with Crippen molar-refractivity contribution in [2.45, 2.75) is 70.1 Å². The molecule has 9 heteroatoms. The van der Waals surface area contributed by atoms with Gasteiger partial charge in [0.2, 0.25) is 0 Å². The van der Waals surface area contributed by atoms with Crippen LogP contribution < -0.4 is 4.90 Å². The van der Waals surface area contributed by atoms with Crippen molar-refractivity contribution < 1.29 is 23.0 Å². The summed E-state index contributed by atoms with van der Waals surface area (Å²) in [5, 5.41) is 4.81. The molecule has 0 spiro atoms. The van der Waals surface area contributed by atoms with E-state index < -0.39 is 5.82 Å². The molecule has 2 saturated carbocycles. The molecule has 1 aromatic heterocycles. The number of nitrogens with zero attached hydrogens (tertiary/aromatic N) is 3. The van der Waals surface area contributed by atoms with E-state index in [2.05, 4.69) is 10.00 Å². The monoisotopic (exact) mass is 555 g/mol. The van der Waals surface area contributed by atoms with E-state index in [9.17, 15) is 9.18 Å². The molecule has 206 valence electrons. The number of para-hydroxylation sites is 1. The van der Waals surface area contributed by atoms with E-state index in [4.69, 9.17) is 21.1 Å². The number of aryl methyl sites for hydroxylation is 1. The summed E-state index contributed by atoms with van der Waals surface area (Å²) in [4.78, 5) is 13.8. The Morgan fingerprint density at radius 1 is 1.15 bits per heavy atom. The predicted octanol–water partition coefficient (Wildman–Crippen LogP) is 6.36. The maximum absolute atomic E-state index is 15.1. The van der Waals surface area contributed by atoms with Crippen LogP contribution in [0.25, 0.3) is 5.69 Å². The van der Waals surface area contributed by atoms with Gasteiger partial charge in [0.25, 0.3) is 0 Å². The zero-order valence-corrected chi connectivity index (χ0v) is 22.7. The molecular weight excluding hydrogens is 524 g/mol. The minimum Gasteiger partial charge on any atom is -0.466 e. The van der Waals surface area contributed by atoms with Gasteiger partial charge in [-0.3, -0.25) is 4.79 Å². The molecule has 0 N–H and O–H groups in total. The summed E-state index contributed by atoms with van der Waals surface area (Å²) in [6, 6.07) is 10.1. The van der Waals surface area contributed by atoms with Gasteiger partial charge in [-0.05, 0) is 80.3 Å². The summed E-state index contributed by atoms with van der Waals surface area (Å²) >= 11 is 6.36. The van der Waals surface area contributed by atoms with Gasteiger partial charge in [0, 0.05) is 24.9 Å². The summed E-state index contributed by atoms with van der Waals surface area (Å²) < 4.78 is 42.8. The normalized spacial score (nSPS) is 22.1. The summed E-state index contributed by atoms with van der Waals surface area (Å²) in [5.41, 5.74) is 3.60. The summed E-state index contributed by atoms with van der Waals surface area (Å²) in [6.45, 7) is 3.17. The average molecular weight is 556 g/mol. The van der Waals surface area contributed by atoms with Crippen molar-refractivity contribution in [3.63, 3.8) is 0 Å². The van der Waals surface area contributed by atoms with Crippen LogP contribution in [0.5, 0.6) is 0 Å². The molecule has 0 unspecified atom stereocenters. The highest BCUT2D eigenvalue weighted by molar-refractivity contribution is 6.32. The molecule has 2 bridgehead atoms. The highest BCUT2D eigenvalue weighted by Gasteiger charge is 2.46. The number of halogens is 3. The molecule has 2 aliphatic carbocycles. The molecule has 1 saturated heterocycles. The largest absolute Gasteiger partial charge is 0.466 e. The number of hydrogen-bond acceptors (Lipinski definition) is 5. The lowest BCUT2D eigenvalue weighted by molar-refractivity contribution is -0.143. The quantitative estimate of drug-likeness (QED) is 0.272. The summed E-state index contributed by atoms with van der Waals surface area (Å²) in [6.07, 6.45) is 6.51. The fourth-order valence-corrected chi connectivity index (χ4v) is 6.40. The van der Waals surface area contributed by atoms with E-state index in [0.717, 1.165) is 49.0 Å². The third-order valence-corrected chi connectivity index (χ3v) is 8.53. The fraction of sp³-hybridized carbons (Fsp3) is 0.467. The number of anilines is 1. The van der Waals surface area contributed by atoms with Gasteiger partial charge in [-0.1, -0.05) is 23.7 Å². The van der Waals surface area contributed by atoms with E-state index >= 15 is 4.39 Å². The number of fused-ring (bicyclic) bond motifs is 2. The van der Waals surface area contributed by atoms with Crippen molar-refractivity contribution in [2.75, 3.05) is 18.1 Å². The number of rotatable bonds is 10. The maximum Gasteiger partial charge on any atom is 0.306 e. The molecule has 2 aromatic carbocycles. The topological polar surface area (TPSA) is 56.6 Å². The number of esters is 1. The van der Waals surface area contributed by atoms with Crippen LogP contribution in [0.2, 0.25) is 5.02 Å². The van der Waals surface area contributed by atoms with Crippen molar-refractivity contribution >= 4 is 23.3 Å². The Morgan fingerprint density at radius 3 is 2.69 bits per heavy atom. The van der Waals surface area contributed by atoms with Crippen LogP contribution in [0.1, 0.15) is 61.8 Å². The number of carbonyl (C=O) groups is 1. The van der Waals surface area contributed by atoms with Gasteiger partial charge in [0.05, 0.1) is 41.9 Å². The molecule has 6 rings (SSSR count). The van der Waals surface area contributed by atoms with Gasteiger partial charge in [-0.2, -0.15) is 5.10 Å². The molecule has 6 nitrogen and oxygen atoms in total. The molecule has 0 amide bonds. The average Bonchev–Trinajstić information content (AvgIpc) is 3.37. The number of aromatic nitrogens is 2. The van der Waals surface area contributed by atoms with Crippen LogP contribution in [-0.2, 0) is 27.3 Å². The third kappa shape index (κ3) is 5.29. The number of hydrogen-bond donors (Lipinski definition) is 0. The Morgan fingerprint density at radius 2 is 2.00 bits per heavy atom. The van der Waals surface area contributed by atoms with Gasteiger partial charge in [0.15, 0.2) is 0 Å². The summed E-state index contributed by atoms with van der Waals surface area (Å²) in [5.74, 6) is -0.230. The van der Waals surface area contributed by atoms with E-state index in [1.807, 2.05) is 18.3 Å². The zero-order chi connectivity index (χ0) is 27.1. The Balaban J connectivity index is 1.11. The Bertz CT molecular complexity index is 1360. The second-order valence-electron chi connectivity index (χ2n) is 10.8. The SMILES string of the molecule is CCOC(=O)CCc1ccc(N2C[C@@H]3C[C@H]2C[C@H]3OCc2c(C3CC3)cnn2-c2c(F)cccc2Cl)c(F)c1. The Hall–Kier alpha value is -2.97. The first-order valence-electron chi connectivity index (χ1n) is 13.8. The highest BCUT2D eigenvalue weighted by atomic mass is 35.5. The van der Waals surface area contributed by atoms with Gasteiger partial charge >= 0.3 is 5.97 Å². The van der Waals surface area contributed by atoms with Crippen molar-refractivity contribution in [2.24, 2.45) is 5.92 Å². The van der Waals surface area contributed by atoms with E-state index in [-0.39, 0.29) is 42.0 Å². The van der Waals surface area contributed by atoms with Crippen LogP contribution in [-0.4, -0.2) is 41.0 Å². The summed E-state index contributed by atoms with van der Waals surface area (Å²) in [7, 11) is 0. The lowest BCUT2D eigenvalue weighted by atomic mass is 10.0. The third-order valence-electron chi connectivity index (χ3n) is 8.22. The Kier molecular flexibility index (Phi) is 7.33. The number of carbonyl (C=O) groups excluding carboxylic acids is 1. The van der Waals surface area contributed by atoms with Crippen LogP contribution in [0.3, 0.4) is 0 Å². The molecular formula is C30H32ClF2N3O3. The van der Waals surface area contributed by atoms with Gasteiger partial charge in [0.1, 0.15) is 17.3 Å². The van der Waals surface area contributed by atoms with Gasteiger partial charge < -0.3 is 14.4 Å². The fourth-order valence-electron chi connectivity index (χ4n) is 6.16. The van der Waals surface area contributed by atoms with E-state index in [1.165, 1.54) is 12.1 Å². The standard InChI is InChI=1S/C30H32ClF2N3O3/c1-2-38-29(37)11-7-18-6-10-26(25(33)12-18)35-16-20-13-21(35)14-28(20)39-17-27-22(19-8-9-19)15-34-36(27)30-23(31)4-3-5-24(30)32/h3-6,10,12,15,19-21,28H,2,7-9,11,13-14,16-17H2,1H3/t20-,21-,28+/m0/s1. The Labute approximate surface area is 231 Å². The molecule has 1 aliphatic heterocycles. The van der Waals surface area contributed by atoms with Gasteiger partial charge in [-0.25, -0.2) is 13.5 Å². The molecule has 3 aromatic rings. The predicted molar refractivity (Wildman–Crippen MR) is 144 cm³/mol. The zero-order valence-electron chi connectivity index (χ0n) is 21.9. The van der Waals surface area contributed by atoms with Crippen LogP contribution >= 0.6 is 11.6 Å². The number of ether oxygens (including phenoxy) is 2. The second-order valence-corrected chi connectivity index (χ2v) is 11.2. The van der Waals surface area contributed by atoms with Gasteiger partial charge in [-0.15, -0.1) is 0 Å². The van der Waals surface area contributed by atoms with Crippen LogP contribution in [0, 0.1) is 17.6 Å². The highest BCUT2D eigenvalue weighted by Crippen LogP contribution is 2.45. The first kappa shape index (κ1) is 26.3. The molecule has 2 heterocycles. The second kappa shape index (κ2) is 10.9. The minimum atomic E-state index is -0.418. The molecule has 39 heavy (non-hydrogen) atoms. The maximum atomic E-state index is 15.1. The lowest BCUT2D eigenvalue weighted by Gasteiger charge is -2.33. The van der Waals surface area contributed by atoms with Crippen LogP contribution in [0.4, 0.5) is 14.5 Å². The number of piperidine rings is 1. The molecule has 3 fully saturated rings. The van der Waals surface area contributed by atoms with Crippen molar-refractivity contribution in [1.29, 1.82) is 0 Å².